The number of rotatable bonds is 4. The van der Waals surface area contributed by atoms with Crippen molar-refractivity contribution in [2.75, 3.05) is 5.75 Å². The van der Waals surface area contributed by atoms with E-state index in [0.717, 1.165) is 21.7 Å². The van der Waals surface area contributed by atoms with Gasteiger partial charge in [-0.2, -0.15) is 0 Å². The lowest BCUT2D eigenvalue weighted by Crippen LogP contribution is -2.41. The van der Waals surface area contributed by atoms with Crippen LogP contribution in [0.4, 0.5) is 0 Å². The molecular formula is C15H19N3OS2. The van der Waals surface area contributed by atoms with E-state index in [1.807, 2.05) is 11.4 Å². The summed E-state index contributed by atoms with van der Waals surface area (Å²) in [5.74, 6) is 1.13. The number of hydrogen-bond donors (Lipinski definition) is 1. The monoisotopic (exact) mass is 321 g/mol. The Bertz CT molecular complexity index is 628. The number of carbonyl (C=O) groups is 1. The number of amides is 1. The van der Waals surface area contributed by atoms with Crippen LogP contribution < -0.4 is 5.32 Å². The summed E-state index contributed by atoms with van der Waals surface area (Å²) < 4.78 is 1.07. The maximum atomic E-state index is 12.1. The highest BCUT2D eigenvalue weighted by Gasteiger charge is 2.22. The minimum atomic E-state index is 0.113. The van der Waals surface area contributed by atoms with Crippen LogP contribution in [-0.2, 0) is 4.79 Å². The van der Waals surface area contributed by atoms with E-state index in [0.29, 0.717) is 17.7 Å². The first-order valence-corrected chi connectivity index (χ1v) is 9.21. The molecular weight excluding hydrogens is 302 g/mol. The van der Waals surface area contributed by atoms with Crippen molar-refractivity contribution in [2.45, 2.75) is 43.7 Å². The normalized spacial score (nSPS) is 22.3. The topological polar surface area (TPSA) is 54.9 Å². The zero-order chi connectivity index (χ0) is 14.7. The lowest BCUT2D eigenvalue weighted by molar-refractivity contribution is -0.119. The Kier molecular flexibility index (Phi) is 4.75. The summed E-state index contributed by atoms with van der Waals surface area (Å²) in [4.78, 5) is 20.6. The van der Waals surface area contributed by atoms with Crippen LogP contribution in [0.3, 0.4) is 0 Å². The van der Waals surface area contributed by atoms with Gasteiger partial charge in [-0.25, -0.2) is 9.97 Å². The number of nitrogens with one attached hydrogen (secondary N) is 1. The SMILES string of the molecule is CC1CCCCC1NC(=O)CSc1ncnc2ccsc12. The second-order valence-corrected chi connectivity index (χ2v) is 7.42. The molecule has 0 radical (unpaired) electrons. The summed E-state index contributed by atoms with van der Waals surface area (Å²) in [5.41, 5.74) is 0.957. The zero-order valence-corrected chi connectivity index (χ0v) is 13.7. The van der Waals surface area contributed by atoms with Crippen LogP contribution in [0.15, 0.2) is 22.8 Å². The van der Waals surface area contributed by atoms with Crippen LogP contribution in [0.5, 0.6) is 0 Å². The minimum absolute atomic E-state index is 0.113. The third-order valence-electron chi connectivity index (χ3n) is 4.01. The molecule has 6 heteroatoms. The molecule has 2 atom stereocenters. The predicted molar refractivity (Wildman–Crippen MR) is 87.7 cm³/mol. The van der Waals surface area contributed by atoms with Crippen molar-refractivity contribution in [3.8, 4) is 0 Å². The maximum absolute atomic E-state index is 12.1. The first-order chi connectivity index (χ1) is 10.2. The summed E-state index contributed by atoms with van der Waals surface area (Å²) in [5, 5.41) is 6.09. The van der Waals surface area contributed by atoms with Crippen LogP contribution in [0.2, 0.25) is 0 Å². The van der Waals surface area contributed by atoms with Crippen molar-refractivity contribution in [1.29, 1.82) is 0 Å². The lowest BCUT2D eigenvalue weighted by atomic mass is 9.86. The van der Waals surface area contributed by atoms with Gasteiger partial charge in [-0.1, -0.05) is 31.5 Å². The molecule has 2 aromatic heterocycles. The Morgan fingerprint density at radius 2 is 2.29 bits per heavy atom. The molecule has 1 aliphatic carbocycles. The first kappa shape index (κ1) is 14.8. The van der Waals surface area contributed by atoms with Crippen LogP contribution in [0, 0.1) is 5.92 Å². The third-order valence-corrected chi connectivity index (χ3v) is 6.04. The molecule has 2 aromatic rings. The van der Waals surface area contributed by atoms with Gasteiger partial charge in [0.2, 0.25) is 5.91 Å². The fourth-order valence-corrected chi connectivity index (χ4v) is 4.54. The predicted octanol–water partition coefficient (Wildman–Crippen LogP) is 3.48. The van der Waals surface area contributed by atoms with E-state index in [1.165, 1.54) is 31.0 Å². The molecule has 3 rings (SSSR count). The van der Waals surface area contributed by atoms with Gasteiger partial charge in [0.15, 0.2) is 0 Å². The van der Waals surface area contributed by atoms with E-state index in [1.54, 1.807) is 17.7 Å². The molecule has 0 spiro atoms. The van der Waals surface area contributed by atoms with Gasteiger partial charge in [-0.3, -0.25) is 4.79 Å². The van der Waals surface area contributed by atoms with E-state index in [2.05, 4.69) is 22.2 Å². The van der Waals surface area contributed by atoms with Crippen molar-refractivity contribution in [3.63, 3.8) is 0 Å². The molecule has 1 aliphatic rings. The number of nitrogens with zero attached hydrogens (tertiary/aromatic N) is 2. The molecule has 1 amide bonds. The van der Waals surface area contributed by atoms with Gasteiger partial charge in [0.25, 0.3) is 0 Å². The highest BCUT2D eigenvalue weighted by molar-refractivity contribution is 8.00. The number of thiophene rings is 1. The third kappa shape index (κ3) is 3.55. The lowest BCUT2D eigenvalue weighted by Gasteiger charge is -2.29. The average molecular weight is 321 g/mol. The Hall–Kier alpha value is -1.14. The molecule has 1 fully saturated rings. The van der Waals surface area contributed by atoms with Crippen LogP contribution >= 0.6 is 23.1 Å². The van der Waals surface area contributed by atoms with Gasteiger partial charge < -0.3 is 5.32 Å². The summed E-state index contributed by atoms with van der Waals surface area (Å²) in [6.07, 6.45) is 6.42. The molecule has 2 unspecified atom stereocenters. The maximum Gasteiger partial charge on any atom is 0.230 e. The molecule has 1 saturated carbocycles. The quantitative estimate of drug-likeness (QED) is 0.692. The van der Waals surface area contributed by atoms with Gasteiger partial charge >= 0.3 is 0 Å². The fraction of sp³-hybridized carbons (Fsp3) is 0.533. The van der Waals surface area contributed by atoms with Crippen LogP contribution in [0.1, 0.15) is 32.6 Å². The van der Waals surface area contributed by atoms with Crippen molar-refractivity contribution in [1.82, 2.24) is 15.3 Å². The van der Waals surface area contributed by atoms with Gasteiger partial charge in [0, 0.05) is 6.04 Å². The first-order valence-electron chi connectivity index (χ1n) is 7.34. The van der Waals surface area contributed by atoms with Gasteiger partial charge in [0.05, 0.1) is 16.0 Å². The molecule has 4 nitrogen and oxygen atoms in total. The standard InChI is InChI=1S/C15H19N3OS2/c1-10-4-2-3-5-11(10)18-13(19)8-21-15-14-12(6-7-20-14)16-9-17-15/h6-7,9-11H,2-5,8H2,1H3,(H,18,19). The Morgan fingerprint density at radius 1 is 1.43 bits per heavy atom. The van der Waals surface area contributed by atoms with E-state index in [9.17, 15) is 4.79 Å². The van der Waals surface area contributed by atoms with E-state index in [4.69, 9.17) is 0 Å². The number of fused-ring (bicyclic) bond motifs is 1. The highest BCUT2D eigenvalue weighted by atomic mass is 32.2. The Balaban J connectivity index is 1.57. The van der Waals surface area contributed by atoms with Crippen molar-refractivity contribution < 1.29 is 4.79 Å². The second-order valence-electron chi connectivity index (χ2n) is 5.54. The average Bonchev–Trinajstić information content (AvgIpc) is 2.96. The Labute approximate surface area is 132 Å². The number of carbonyl (C=O) groups excluding carboxylic acids is 1. The van der Waals surface area contributed by atoms with E-state index >= 15 is 0 Å². The second kappa shape index (κ2) is 6.75. The number of aromatic nitrogens is 2. The van der Waals surface area contributed by atoms with E-state index in [-0.39, 0.29) is 5.91 Å². The van der Waals surface area contributed by atoms with Crippen LogP contribution in [-0.4, -0.2) is 27.7 Å². The molecule has 0 saturated heterocycles. The summed E-state index contributed by atoms with van der Waals surface area (Å²) in [6, 6.07) is 2.33. The van der Waals surface area contributed by atoms with E-state index < -0.39 is 0 Å². The largest absolute Gasteiger partial charge is 0.352 e. The molecule has 0 aliphatic heterocycles. The molecule has 21 heavy (non-hydrogen) atoms. The number of hydrogen-bond acceptors (Lipinski definition) is 5. The molecule has 2 heterocycles. The molecule has 0 bridgehead atoms. The fourth-order valence-electron chi connectivity index (χ4n) is 2.78. The van der Waals surface area contributed by atoms with Crippen molar-refractivity contribution in [3.05, 3.63) is 17.8 Å². The molecule has 112 valence electrons. The summed E-state index contributed by atoms with van der Waals surface area (Å²) >= 11 is 3.12. The minimum Gasteiger partial charge on any atom is -0.352 e. The van der Waals surface area contributed by atoms with Crippen LogP contribution in [0.25, 0.3) is 10.2 Å². The molecule has 1 N–H and O–H groups in total. The van der Waals surface area contributed by atoms with Gasteiger partial charge in [-0.15, -0.1) is 11.3 Å². The van der Waals surface area contributed by atoms with Crippen molar-refractivity contribution in [2.24, 2.45) is 5.92 Å². The van der Waals surface area contributed by atoms with Gasteiger partial charge in [0.1, 0.15) is 11.4 Å². The number of thioether (sulfide) groups is 1. The van der Waals surface area contributed by atoms with Gasteiger partial charge in [-0.05, 0) is 30.2 Å². The zero-order valence-electron chi connectivity index (χ0n) is 12.0. The summed E-state index contributed by atoms with van der Waals surface area (Å²) in [6.45, 7) is 2.23. The molecule has 0 aromatic carbocycles. The van der Waals surface area contributed by atoms with Crippen molar-refractivity contribution >= 4 is 39.2 Å². The Morgan fingerprint density at radius 3 is 3.14 bits per heavy atom. The highest BCUT2D eigenvalue weighted by Crippen LogP contribution is 2.29. The summed E-state index contributed by atoms with van der Waals surface area (Å²) in [7, 11) is 0. The smallest absolute Gasteiger partial charge is 0.230 e.